The molecule has 1 heterocycles. The molecule has 0 radical (unpaired) electrons. The topological polar surface area (TPSA) is 61.8 Å². The fourth-order valence-electron chi connectivity index (χ4n) is 2.32. The predicted molar refractivity (Wildman–Crippen MR) is 79.7 cm³/mol. The number of rotatable bonds is 5. The third kappa shape index (κ3) is 6.09. The number of hydrogen-bond acceptors (Lipinski definition) is 4. The zero-order valence-corrected chi connectivity index (χ0v) is 13.3. The van der Waals surface area contributed by atoms with Gasteiger partial charge in [0, 0.05) is 19.1 Å². The zero-order valence-electron chi connectivity index (χ0n) is 13.3. The highest BCUT2D eigenvalue weighted by molar-refractivity contribution is 5.68. The molecule has 0 aromatic carbocycles. The minimum atomic E-state index is -0.426. The standard InChI is InChI=1S/C15H30N2O3/c1-5-13(11-18)16-10-12-6-8-17(9-7-12)14(19)20-15(2,3)4/h12-13,16,18H,5-11H2,1-4H3. The molecule has 1 aliphatic heterocycles. The van der Waals surface area contributed by atoms with Crippen molar-refractivity contribution in [1.82, 2.24) is 10.2 Å². The number of aliphatic hydroxyl groups excluding tert-OH is 1. The van der Waals surface area contributed by atoms with Crippen LogP contribution in [0.25, 0.3) is 0 Å². The van der Waals surface area contributed by atoms with Crippen molar-refractivity contribution in [3.05, 3.63) is 0 Å². The Morgan fingerprint density at radius 1 is 1.40 bits per heavy atom. The van der Waals surface area contributed by atoms with Gasteiger partial charge >= 0.3 is 6.09 Å². The van der Waals surface area contributed by atoms with Crippen LogP contribution in [-0.2, 0) is 4.74 Å². The number of nitrogens with zero attached hydrogens (tertiary/aromatic N) is 1. The molecule has 0 aromatic rings. The Labute approximate surface area is 122 Å². The summed E-state index contributed by atoms with van der Waals surface area (Å²) in [4.78, 5) is 13.7. The van der Waals surface area contributed by atoms with Crippen LogP contribution in [0.5, 0.6) is 0 Å². The van der Waals surface area contributed by atoms with Crippen LogP contribution in [0.4, 0.5) is 4.79 Å². The molecule has 0 bridgehead atoms. The van der Waals surface area contributed by atoms with Crippen molar-refractivity contribution in [2.75, 3.05) is 26.2 Å². The first-order valence-electron chi connectivity index (χ1n) is 7.68. The summed E-state index contributed by atoms with van der Waals surface area (Å²) in [6.45, 7) is 10.4. The summed E-state index contributed by atoms with van der Waals surface area (Å²) < 4.78 is 5.38. The molecular weight excluding hydrogens is 256 g/mol. The van der Waals surface area contributed by atoms with Gasteiger partial charge in [0.1, 0.15) is 5.60 Å². The molecule has 0 aliphatic carbocycles. The predicted octanol–water partition coefficient (Wildman–Crippen LogP) is 1.99. The van der Waals surface area contributed by atoms with Crippen LogP contribution < -0.4 is 5.32 Å². The Morgan fingerprint density at radius 3 is 2.45 bits per heavy atom. The van der Waals surface area contributed by atoms with E-state index in [9.17, 15) is 4.79 Å². The molecule has 1 aliphatic rings. The molecule has 5 nitrogen and oxygen atoms in total. The number of ether oxygens (including phenoxy) is 1. The highest BCUT2D eigenvalue weighted by Crippen LogP contribution is 2.19. The van der Waals surface area contributed by atoms with Gasteiger partial charge in [-0.3, -0.25) is 0 Å². The van der Waals surface area contributed by atoms with Crippen molar-refractivity contribution >= 4 is 6.09 Å². The van der Waals surface area contributed by atoms with Crippen LogP contribution in [0.1, 0.15) is 47.0 Å². The fraction of sp³-hybridized carbons (Fsp3) is 0.933. The first kappa shape index (κ1) is 17.2. The van der Waals surface area contributed by atoms with Crippen molar-refractivity contribution in [3.8, 4) is 0 Å². The molecule has 5 heteroatoms. The quantitative estimate of drug-likeness (QED) is 0.811. The number of likely N-dealkylation sites (tertiary alicyclic amines) is 1. The lowest BCUT2D eigenvalue weighted by molar-refractivity contribution is 0.0183. The average molecular weight is 286 g/mol. The minimum Gasteiger partial charge on any atom is -0.444 e. The number of nitrogens with one attached hydrogen (secondary N) is 1. The van der Waals surface area contributed by atoms with Crippen LogP contribution in [0, 0.1) is 5.92 Å². The number of piperidine rings is 1. The highest BCUT2D eigenvalue weighted by atomic mass is 16.6. The van der Waals surface area contributed by atoms with Crippen molar-refractivity contribution in [2.45, 2.75) is 58.6 Å². The van der Waals surface area contributed by atoms with E-state index in [1.54, 1.807) is 4.90 Å². The van der Waals surface area contributed by atoms with Crippen LogP contribution >= 0.6 is 0 Å². The number of hydrogen-bond donors (Lipinski definition) is 2. The molecule has 0 saturated carbocycles. The largest absolute Gasteiger partial charge is 0.444 e. The van der Waals surface area contributed by atoms with Gasteiger partial charge in [-0.1, -0.05) is 6.92 Å². The van der Waals surface area contributed by atoms with Crippen LogP contribution in [0.15, 0.2) is 0 Å². The van der Waals surface area contributed by atoms with E-state index in [2.05, 4.69) is 12.2 Å². The molecule has 0 spiro atoms. The Bertz CT molecular complexity index is 290. The summed E-state index contributed by atoms with van der Waals surface area (Å²) in [6, 6.07) is 0.193. The second kappa shape index (κ2) is 7.84. The van der Waals surface area contributed by atoms with Gasteiger partial charge in [-0.25, -0.2) is 4.79 Å². The fourth-order valence-corrected chi connectivity index (χ4v) is 2.32. The Kier molecular flexibility index (Phi) is 6.76. The number of carbonyl (C=O) groups is 1. The third-order valence-electron chi connectivity index (χ3n) is 3.67. The molecule has 1 unspecified atom stereocenters. The van der Waals surface area contributed by atoms with Gasteiger partial charge in [-0.15, -0.1) is 0 Å². The number of carbonyl (C=O) groups excluding carboxylic acids is 1. The van der Waals surface area contributed by atoms with Gasteiger partial charge in [-0.05, 0) is 52.5 Å². The second-order valence-corrected chi connectivity index (χ2v) is 6.61. The Hall–Kier alpha value is -0.810. The molecule has 1 rings (SSSR count). The normalized spacial score (nSPS) is 18.9. The van der Waals surface area contributed by atoms with E-state index >= 15 is 0 Å². The van der Waals surface area contributed by atoms with E-state index < -0.39 is 5.60 Å². The first-order chi connectivity index (χ1) is 9.35. The lowest BCUT2D eigenvalue weighted by atomic mass is 9.96. The van der Waals surface area contributed by atoms with Gasteiger partial charge in [0.25, 0.3) is 0 Å². The maximum atomic E-state index is 11.9. The molecule has 1 atom stereocenters. The van der Waals surface area contributed by atoms with Gasteiger partial charge in [0.2, 0.25) is 0 Å². The maximum absolute atomic E-state index is 11.9. The molecular formula is C15H30N2O3. The molecule has 1 fully saturated rings. The van der Waals surface area contributed by atoms with E-state index in [1.807, 2.05) is 20.8 Å². The molecule has 20 heavy (non-hydrogen) atoms. The van der Waals surface area contributed by atoms with Crippen molar-refractivity contribution in [2.24, 2.45) is 5.92 Å². The van der Waals surface area contributed by atoms with E-state index in [4.69, 9.17) is 9.84 Å². The van der Waals surface area contributed by atoms with Crippen molar-refractivity contribution in [3.63, 3.8) is 0 Å². The molecule has 118 valence electrons. The summed E-state index contributed by atoms with van der Waals surface area (Å²) in [5, 5.41) is 12.5. The van der Waals surface area contributed by atoms with Crippen LogP contribution in [0.2, 0.25) is 0 Å². The summed E-state index contributed by atoms with van der Waals surface area (Å²) in [5.74, 6) is 0.578. The minimum absolute atomic E-state index is 0.188. The number of aliphatic hydroxyl groups is 1. The molecule has 2 N–H and O–H groups in total. The summed E-state index contributed by atoms with van der Waals surface area (Å²) in [5.41, 5.74) is -0.426. The summed E-state index contributed by atoms with van der Waals surface area (Å²) >= 11 is 0. The Balaban J connectivity index is 2.28. The van der Waals surface area contributed by atoms with E-state index in [1.165, 1.54) is 0 Å². The first-order valence-corrected chi connectivity index (χ1v) is 7.68. The van der Waals surface area contributed by atoms with Gasteiger partial charge in [-0.2, -0.15) is 0 Å². The molecule has 1 saturated heterocycles. The van der Waals surface area contributed by atoms with Crippen molar-refractivity contribution < 1.29 is 14.6 Å². The van der Waals surface area contributed by atoms with Crippen LogP contribution in [-0.4, -0.2) is 54.0 Å². The molecule has 1 amide bonds. The van der Waals surface area contributed by atoms with E-state index in [0.29, 0.717) is 5.92 Å². The summed E-state index contributed by atoms with van der Waals surface area (Å²) in [6.07, 6.45) is 2.72. The number of amides is 1. The van der Waals surface area contributed by atoms with Gasteiger partial charge in [0.05, 0.1) is 6.61 Å². The zero-order chi connectivity index (χ0) is 15.2. The smallest absolute Gasteiger partial charge is 0.410 e. The third-order valence-corrected chi connectivity index (χ3v) is 3.67. The Morgan fingerprint density at radius 2 is 2.00 bits per heavy atom. The lowest BCUT2D eigenvalue weighted by Gasteiger charge is -2.34. The van der Waals surface area contributed by atoms with Crippen LogP contribution in [0.3, 0.4) is 0 Å². The van der Waals surface area contributed by atoms with E-state index in [-0.39, 0.29) is 18.7 Å². The van der Waals surface area contributed by atoms with E-state index in [0.717, 1.165) is 38.9 Å². The highest BCUT2D eigenvalue weighted by Gasteiger charge is 2.26. The second-order valence-electron chi connectivity index (χ2n) is 6.61. The summed E-state index contributed by atoms with van der Waals surface area (Å²) in [7, 11) is 0. The molecule has 0 aromatic heterocycles. The SMILES string of the molecule is CCC(CO)NCC1CCN(C(=O)OC(C)(C)C)CC1. The van der Waals surface area contributed by atoms with Gasteiger partial charge < -0.3 is 20.1 Å². The van der Waals surface area contributed by atoms with Crippen molar-refractivity contribution in [1.29, 1.82) is 0 Å². The lowest BCUT2D eigenvalue weighted by Crippen LogP contribution is -2.44. The maximum Gasteiger partial charge on any atom is 0.410 e. The average Bonchev–Trinajstić information content (AvgIpc) is 2.38. The van der Waals surface area contributed by atoms with Gasteiger partial charge in [0.15, 0.2) is 0 Å². The monoisotopic (exact) mass is 286 g/mol.